The van der Waals surface area contributed by atoms with Gasteiger partial charge in [-0.25, -0.2) is 4.68 Å². The van der Waals surface area contributed by atoms with E-state index in [9.17, 15) is 4.79 Å². The van der Waals surface area contributed by atoms with E-state index in [-0.39, 0.29) is 5.56 Å². The van der Waals surface area contributed by atoms with Crippen LogP contribution in [0.25, 0.3) is 0 Å². The number of aryl methyl sites for hydroxylation is 4. The van der Waals surface area contributed by atoms with Crippen LogP contribution in [0.5, 0.6) is 5.75 Å². The van der Waals surface area contributed by atoms with Gasteiger partial charge in [-0.1, -0.05) is 6.07 Å². The minimum absolute atomic E-state index is 0.0678. The first-order valence-corrected chi connectivity index (χ1v) is 6.81. The van der Waals surface area contributed by atoms with Crippen LogP contribution in [0, 0.1) is 20.8 Å². The van der Waals surface area contributed by atoms with E-state index in [0.717, 1.165) is 17.9 Å². The Labute approximate surface area is 119 Å². The SMILES string of the molecule is Cc1ccc(=O)n(CCCOc2ccc(C)c(C)c2)n1. The van der Waals surface area contributed by atoms with E-state index in [4.69, 9.17) is 4.74 Å². The quantitative estimate of drug-likeness (QED) is 0.786. The Bertz CT molecular complexity index is 647. The molecule has 0 aliphatic carbocycles. The van der Waals surface area contributed by atoms with Gasteiger partial charge in [0.05, 0.1) is 12.3 Å². The Hall–Kier alpha value is -2.10. The minimum Gasteiger partial charge on any atom is -0.494 e. The van der Waals surface area contributed by atoms with Crippen LogP contribution in [0.4, 0.5) is 0 Å². The smallest absolute Gasteiger partial charge is 0.266 e. The van der Waals surface area contributed by atoms with Gasteiger partial charge in [0, 0.05) is 19.0 Å². The zero-order valence-corrected chi connectivity index (χ0v) is 12.2. The Balaban J connectivity index is 1.86. The number of hydrogen-bond acceptors (Lipinski definition) is 3. The summed E-state index contributed by atoms with van der Waals surface area (Å²) in [4.78, 5) is 11.6. The molecule has 0 amide bonds. The van der Waals surface area contributed by atoms with Crippen molar-refractivity contribution in [3.8, 4) is 5.75 Å². The Morgan fingerprint density at radius 1 is 1.10 bits per heavy atom. The van der Waals surface area contributed by atoms with E-state index < -0.39 is 0 Å². The average molecular weight is 272 g/mol. The Morgan fingerprint density at radius 2 is 1.90 bits per heavy atom. The fourth-order valence-corrected chi connectivity index (χ4v) is 1.92. The summed E-state index contributed by atoms with van der Waals surface area (Å²) >= 11 is 0. The largest absolute Gasteiger partial charge is 0.494 e. The second-order valence-electron chi connectivity index (χ2n) is 4.98. The van der Waals surface area contributed by atoms with Gasteiger partial charge in [0.15, 0.2) is 0 Å². The summed E-state index contributed by atoms with van der Waals surface area (Å²) in [5.41, 5.74) is 3.26. The van der Waals surface area contributed by atoms with Gasteiger partial charge in [0.1, 0.15) is 5.75 Å². The molecule has 4 heteroatoms. The first-order valence-electron chi connectivity index (χ1n) is 6.81. The molecule has 0 bridgehead atoms. The molecule has 0 saturated heterocycles. The molecule has 0 aliphatic heterocycles. The van der Waals surface area contributed by atoms with Crippen molar-refractivity contribution in [2.45, 2.75) is 33.7 Å². The van der Waals surface area contributed by atoms with Crippen molar-refractivity contribution in [2.75, 3.05) is 6.61 Å². The summed E-state index contributed by atoms with van der Waals surface area (Å²) in [6, 6.07) is 9.33. The van der Waals surface area contributed by atoms with Crippen LogP contribution in [-0.4, -0.2) is 16.4 Å². The molecule has 2 aromatic rings. The van der Waals surface area contributed by atoms with Crippen LogP contribution in [0.1, 0.15) is 23.2 Å². The van der Waals surface area contributed by atoms with Gasteiger partial charge in [-0.15, -0.1) is 0 Å². The van der Waals surface area contributed by atoms with Crippen molar-refractivity contribution in [2.24, 2.45) is 0 Å². The monoisotopic (exact) mass is 272 g/mol. The number of rotatable bonds is 5. The lowest BCUT2D eigenvalue weighted by Crippen LogP contribution is -2.23. The molecule has 1 aromatic carbocycles. The molecule has 0 radical (unpaired) electrons. The molecule has 0 aliphatic rings. The van der Waals surface area contributed by atoms with Gasteiger partial charge in [-0.2, -0.15) is 5.10 Å². The highest BCUT2D eigenvalue weighted by Gasteiger charge is 2.00. The fraction of sp³-hybridized carbons (Fsp3) is 0.375. The molecular formula is C16H20N2O2. The van der Waals surface area contributed by atoms with Crippen LogP contribution in [0.15, 0.2) is 35.1 Å². The maximum absolute atomic E-state index is 11.6. The summed E-state index contributed by atoms with van der Waals surface area (Å²) < 4.78 is 7.18. The van der Waals surface area contributed by atoms with Crippen LogP contribution in [-0.2, 0) is 6.54 Å². The normalized spacial score (nSPS) is 10.6. The molecule has 1 heterocycles. The van der Waals surface area contributed by atoms with Gasteiger partial charge in [0.2, 0.25) is 0 Å². The van der Waals surface area contributed by atoms with E-state index in [1.807, 2.05) is 19.1 Å². The fourth-order valence-electron chi connectivity index (χ4n) is 1.92. The Kier molecular flexibility index (Phi) is 4.56. The number of benzene rings is 1. The molecule has 0 atom stereocenters. The van der Waals surface area contributed by atoms with Gasteiger partial charge in [0.25, 0.3) is 5.56 Å². The maximum Gasteiger partial charge on any atom is 0.266 e. The first-order chi connectivity index (χ1) is 9.56. The molecule has 0 N–H and O–H groups in total. The first kappa shape index (κ1) is 14.3. The third kappa shape index (κ3) is 3.70. The van der Waals surface area contributed by atoms with Crippen LogP contribution < -0.4 is 10.3 Å². The zero-order valence-electron chi connectivity index (χ0n) is 12.2. The van der Waals surface area contributed by atoms with E-state index in [1.165, 1.54) is 15.8 Å². The molecule has 2 rings (SSSR count). The topological polar surface area (TPSA) is 44.1 Å². The molecule has 106 valence electrons. The molecule has 20 heavy (non-hydrogen) atoms. The molecule has 1 aromatic heterocycles. The molecule has 0 fully saturated rings. The molecule has 4 nitrogen and oxygen atoms in total. The molecule has 0 spiro atoms. The summed E-state index contributed by atoms with van der Waals surface area (Å²) in [5.74, 6) is 0.873. The van der Waals surface area contributed by atoms with Crippen molar-refractivity contribution in [3.05, 3.63) is 57.5 Å². The van der Waals surface area contributed by atoms with Crippen LogP contribution in [0.3, 0.4) is 0 Å². The van der Waals surface area contributed by atoms with Crippen molar-refractivity contribution < 1.29 is 4.74 Å². The van der Waals surface area contributed by atoms with Gasteiger partial charge >= 0.3 is 0 Å². The number of hydrogen-bond donors (Lipinski definition) is 0. The van der Waals surface area contributed by atoms with Crippen LogP contribution >= 0.6 is 0 Å². The standard InChI is InChI=1S/C16H20N2O2/c1-12-5-7-15(11-13(12)2)20-10-4-9-18-16(19)8-6-14(3)17-18/h5-8,11H,4,9-10H2,1-3H3. The summed E-state index contributed by atoms with van der Waals surface area (Å²) in [7, 11) is 0. The highest BCUT2D eigenvalue weighted by atomic mass is 16.5. The predicted molar refractivity (Wildman–Crippen MR) is 79.3 cm³/mol. The van der Waals surface area contributed by atoms with E-state index in [0.29, 0.717) is 13.2 Å². The van der Waals surface area contributed by atoms with Crippen molar-refractivity contribution in [1.82, 2.24) is 9.78 Å². The van der Waals surface area contributed by atoms with Crippen molar-refractivity contribution in [3.63, 3.8) is 0 Å². The molecule has 0 unspecified atom stereocenters. The zero-order chi connectivity index (χ0) is 14.5. The van der Waals surface area contributed by atoms with E-state index in [2.05, 4.69) is 25.0 Å². The highest BCUT2D eigenvalue weighted by Crippen LogP contribution is 2.16. The minimum atomic E-state index is -0.0678. The second-order valence-corrected chi connectivity index (χ2v) is 4.98. The third-order valence-corrected chi connectivity index (χ3v) is 3.26. The number of aromatic nitrogens is 2. The lowest BCUT2D eigenvalue weighted by molar-refractivity contribution is 0.296. The van der Waals surface area contributed by atoms with Gasteiger partial charge in [-0.3, -0.25) is 4.79 Å². The van der Waals surface area contributed by atoms with Gasteiger partial charge in [-0.05, 0) is 50.1 Å². The second kappa shape index (κ2) is 6.37. The Morgan fingerprint density at radius 3 is 2.65 bits per heavy atom. The van der Waals surface area contributed by atoms with E-state index in [1.54, 1.807) is 12.1 Å². The lowest BCUT2D eigenvalue weighted by Gasteiger charge is -2.09. The van der Waals surface area contributed by atoms with Crippen molar-refractivity contribution in [1.29, 1.82) is 0 Å². The number of ether oxygens (including phenoxy) is 1. The lowest BCUT2D eigenvalue weighted by atomic mass is 10.1. The van der Waals surface area contributed by atoms with Crippen molar-refractivity contribution >= 4 is 0 Å². The van der Waals surface area contributed by atoms with Gasteiger partial charge < -0.3 is 4.74 Å². The predicted octanol–water partition coefficient (Wildman–Crippen LogP) is 2.64. The molecule has 0 saturated carbocycles. The maximum atomic E-state index is 11.6. The molecular weight excluding hydrogens is 252 g/mol. The summed E-state index contributed by atoms with van der Waals surface area (Å²) in [6.07, 6.45) is 0.753. The highest BCUT2D eigenvalue weighted by molar-refractivity contribution is 5.33. The van der Waals surface area contributed by atoms with E-state index >= 15 is 0 Å². The third-order valence-electron chi connectivity index (χ3n) is 3.26. The average Bonchev–Trinajstić information content (AvgIpc) is 2.42. The summed E-state index contributed by atoms with van der Waals surface area (Å²) in [5, 5.41) is 4.19. The number of nitrogens with zero attached hydrogens (tertiary/aromatic N) is 2. The van der Waals surface area contributed by atoms with Crippen LogP contribution in [0.2, 0.25) is 0 Å². The summed E-state index contributed by atoms with van der Waals surface area (Å²) in [6.45, 7) is 7.17.